The molecular weight excluding hydrogens is 230 g/mol. The minimum Gasteiger partial charge on any atom is -0.487 e. The predicted octanol–water partition coefficient (Wildman–Crippen LogP) is 2.77. The molecule has 18 heavy (non-hydrogen) atoms. The van der Waals surface area contributed by atoms with Crippen molar-refractivity contribution in [3.8, 4) is 5.75 Å². The number of rotatable bonds is 4. The van der Waals surface area contributed by atoms with Gasteiger partial charge in [0, 0.05) is 0 Å². The second-order valence-electron chi connectivity index (χ2n) is 4.47. The van der Waals surface area contributed by atoms with Crippen molar-refractivity contribution in [2.24, 2.45) is 0 Å². The van der Waals surface area contributed by atoms with Crippen LogP contribution in [0.5, 0.6) is 5.75 Å². The van der Waals surface area contributed by atoms with Gasteiger partial charge in [-0.1, -0.05) is 6.07 Å². The Hall–Kier alpha value is -1.71. The Kier molecular flexibility index (Phi) is 4.07. The topological polar surface area (TPSA) is 61.5 Å². The highest BCUT2D eigenvalue weighted by Crippen LogP contribution is 2.31. The smallest absolute Gasteiger partial charge is 0.341 e. The lowest BCUT2D eigenvalue weighted by molar-refractivity contribution is 0.0519. The van der Waals surface area contributed by atoms with Crippen molar-refractivity contribution in [2.75, 3.05) is 12.3 Å². The van der Waals surface area contributed by atoms with E-state index in [9.17, 15) is 4.79 Å². The van der Waals surface area contributed by atoms with Crippen molar-refractivity contribution in [2.45, 2.75) is 38.7 Å². The Morgan fingerprint density at radius 2 is 2.11 bits per heavy atom. The zero-order valence-corrected chi connectivity index (χ0v) is 10.6. The molecule has 98 valence electrons. The molecule has 0 aliphatic heterocycles. The molecule has 0 saturated heterocycles. The summed E-state index contributed by atoms with van der Waals surface area (Å²) in [5.41, 5.74) is 6.81. The summed E-state index contributed by atoms with van der Waals surface area (Å²) in [6, 6.07) is 5.18. The minimum absolute atomic E-state index is 0.169. The molecule has 2 rings (SSSR count). The number of para-hydroxylation sites is 1. The Bertz CT molecular complexity index is 425. The highest BCUT2D eigenvalue weighted by Gasteiger charge is 2.22. The molecule has 0 heterocycles. The lowest BCUT2D eigenvalue weighted by atomic mass is 10.1. The first-order chi connectivity index (χ1) is 8.72. The maximum atomic E-state index is 11.8. The molecule has 0 unspecified atom stereocenters. The molecule has 4 nitrogen and oxygen atoms in total. The third-order valence-corrected chi connectivity index (χ3v) is 3.13. The summed E-state index contributed by atoms with van der Waals surface area (Å²) in [5.74, 6) is 0.0978. The van der Waals surface area contributed by atoms with Gasteiger partial charge in [-0.25, -0.2) is 4.79 Å². The number of anilines is 1. The van der Waals surface area contributed by atoms with Crippen LogP contribution in [0.3, 0.4) is 0 Å². The number of ether oxygens (including phenoxy) is 2. The Morgan fingerprint density at radius 1 is 1.39 bits per heavy atom. The summed E-state index contributed by atoms with van der Waals surface area (Å²) < 4.78 is 10.9. The van der Waals surface area contributed by atoms with Gasteiger partial charge in [0.2, 0.25) is 0 Å². The van der Waals surface area contributed by atoms with Crippen molar-refractivity contribution in [1.29, 1.82) is 0 Å². The van der Waals surface area contributed by atoms with Crippen molar-refractivity contribution in [3.63, 3.8) is 0 Å². The van der Waals surface area contributed by atoms with Gasteiger partial charge in [0.1, 0.15) is 5.56 Å². The summed E-state index contributed by atoms with van der Waals surface area (Å²) in [5, 5.41) is 0. The molecule has 0 bridgehead atoms. The molecule has 0 aromatic heterocycles. The van der Waals surface area contributed by atoms with E-state index < -0.39 is 0 Å². The fraction of sp³-hybridized carbons (Fsp3) is 0.500. The average Bonchev–Trinajstić information content (AvgIpc) is 2.85. The molecule has 1 aromatic carbocycles. The largest absolute Gasteiger partial charge is 0.487 e. The molecule has 1 aliphatic rings. The summed E-state index contributed by atoms with van der Waals surface area (Å²) in [6.07, 6.45) is 4.56. The second kappa shape index (κ2) is 5.76. The standard InChI is InChI=1S/C14H19NO3/c1-2-17-14(16)11-8-5-9-12(15)13(11)18-10-6-3-4-7-10/h5,8-10H,2-4,6-7,15H2,1H3. The van der Waals surface area contributed by atoms with Crippen LogP contribution in [0.4, 0.5) is 5.69 Å². The van der Waals surface area contributed by atoms with Gasteiger partial charge in [0.05, 0.1) is 18.4 Å². The third-order valence-electron chi connectivity index (χ3n) is 3.13. The van der Waals surface area contributed by atoms with Crippen molar-refractivity contribution < 1.29 is 14.3 Å². The fourth-order valence-corrected chi connectivity index (χ4v) is 2.23. The van der Waals surface area contributed by atoms with Gasteiger partial charge in [0.25, 0.3) is 0 Å². The van der Waals surface area contributed by atoms with E-state index in [1.807, 2.05) is 0 Å². The first-order valence-corrected chi connectivity index (χ1v) is 6.44. The van der Waals surface area contributed by atoms with E-state index >= 15 is 0 Å². The van der Waals surface area contributed by atoms with Gasteiger partial charge in [-0.3, -0.25) is 0 Å². The molecule has 0 atom stereocenters. The number of esters is 1. The van der Waals surface area contributed by atoms with Crippen LogP contribution in [0.2, 0.25) is 0 Å². The normalized spacial score (nSPS) is 15.6. The second-order valence-corrected chi connectivity index (χ2v) is 4.47. The van der Waals surface area contributed by atoms with Crippen LogP contribution in [0.1, 0.15) is 43.0 Å². The Morgan fingerprint density at radius 3 is 2.78 bits per heavy atom. The number of carbonyl (C=O) groups is 1. The van der Waals surface area contributed by atoms with Crippen LogP contribution in [0.15, 0.2) is 18.2 Å². The number of hydrogen-bond acceptors (Lipinski definition) is 4. The van der Waals surface area contributed by atoms with E-state index in [0.717, 1.165) is 12.8 Å². The van der Waals surface area contributed by atoms with E-state index in [-0.39, 0.29) is 12.1 Å². The highest BCUT2D eigenvalue weighted by atomic mass is 16.5. The first kappa shape index (κ1) is 12.7. The molecule has 4 heteroatoms. The van der Waals surface area contributed by atoms with Crippen LogP contribution in [0.25, 0.3) is 0 Å². The molecule has 1 saturated carbocycles. The van der Waals surface area contributed by atoms with Gasteiger partial charge >= 0.3 is 5.97 Å². The first-order valence-electron chi connectivity index (χ1n) is 6.44. The van der Waals surface area contributed by atoms with Crippen LogP contribution >= 0.6 is 0 Å². The van der Waals surface area contributed by atoms with Crippen molar-refractivity contribution in [1.82, 2.24) is 0 Å². The SMILES string of the molecule is CCOC(=O)c1cccc(N)c1OC1CCCC1. The Balaban J connectivity index is 2.22. The highest BCUT2D eigenvalue weighted by molar-refractivity contribution is 5.94. The van der Waals surface area contributed by atoms with E-state index in [2.05, 4.69) is 0 Å². The van der Waals surface area contributed by atoms with E-state index in [4.69, 9.17) is 15.2 Å². The van der Waals surface area contributed by atoms with Gasteiger partial charge < -0.3 is 15.2 Å². The third kappa shape index (κ3) is 2.75. The quantitative estimate of drug-likeness (QED) is 0.658. The van der Waals surface area contributed by atoms with Crippen LogP contribution in [-0.4, -0.2) is 18.7 Å². The summed E-state index contributed by atoms with van der Waals surface area (Å²) in [7, 11) is 0. The minimum atomic E-state index is -0.377. The summed E-state index contributed by atoms with van der Waals surface area (Å²) >= 11 is 0. The summed E-state index contributed by atoms with van der Waals surface area (Å²) in [4.78, 5) is 11.8. The number of nitrogens with two attached hydrogens (primary N) is 1. The maximum absolute atomic E-state index is 11.8. The van der Waals surface area contributed by atoms with E-state index in [1.165, 1.54) is 12.8 Å². The summed E-state index contributed by atoms with van der Waals surface area (Å²) in [6.45, 7) is 2.12. The number of nitrogen functional groups attached to an aromatic ring is 1. The number of hydrogen-bond donors (Lipinski definition) is 1. The molecular formula is C14H19NO3. The zero-order chi connectivity index (χ0) is 13.0. The molecule has 0 spiro atoms. The van der Waals surface area contributed by atoms with Gasteiger partial charge in [0.15, 0.2) is 5.75 Å². The fourth-order valence-electron chi connectivity index (χ4n) is 2.23. The zero-order valence-electron chi connectivity index (χ0n) is 10.6. The van der Waals surface area contributed by atoms with Gasteiger partial charge in [-0.2, -0.15) is 0 Å². The van der Waals surface area contributed by atoms with Crippen LogP contribution in [0, 0.1) is 0 Å². The monoisotopic (exact) mass is 249 g/mol. The molecule has 0 radical (unpaired) electrons. The van der Waals surface area contributed by atoms with Crippen LogP contribution in [-0.2, 0) is 4.74 Å². The molecule has 2 N–H and O–H groups in total. The van der Waals surface area contributed by atoms with E-state index in [1.54, 1.807) is 25.1 Å². The lowest BCUT2D eigenvalue weighted by Crippen LogP contribution is -2.16. The molecule has 0 amide bonds. The number of carbonyl (C=O) groups excluding carboxylic acids is 1. The lowest BCUT2D eigenvalue weighted by Gasteiger charge is -2.17. The van der Waals surface area contributed by atoms with Crippen molar-refractivity contribution >= 4 is 11.7 Å². The molecule has 1 aliphatic carbocycles. The van der Waals surface area contributed by atoms with Gasteiger partial charge in [-0.15, -0.1) is 0 Å². The molecule has 1 aromatic rings. The molecule has 1 fully saturated rings. The Labute approximate surface area is 107 Å². The predicted molar refractivity (Wildman–Crippen MR) is 69.7 cm³/mol. The van der Waals surface area contributed by atoms with Crippen LogP contribution < -0.4 is 10.5 Å². The average molecular weight is 249 g/mol. The maximum Gasteiger partial charge on any atom is 0.341 e. The van der Waals surface area contributed by atoms with E-state index in [0.29, 0.717) is 23.6 Å². The number of benzene rings is 1. The van der Waals surface area contributed by atoms with Crippen molar-refractivity contribution in [3.05, 3.63) is 23.8 Å². The van der Waals surface area contributed by atoms with Gasteiger partial charge in [-0.05, 0) is 44.7 Å².